The molecule has 0 saturated carbocycles. The minimum Gasteiger partial charge on any atom is -0.357 e. The molecule has 1 saturated heterocycles. The van der Waals surface area contributed by atoms with Gasteiger partial charge in [-0.1, -0.05) is 0 Å². The third-order valence-corrected chi connectivity index (χ3v) is 6.67. The highest BCUT2D eigenvalue weighted by Gasteiger charge is 2.30. The van der Waals surface area contributed by atoms with Crippen LogP contribution >= 0.6 is 24.0 Å². The van der Waals surface area contributed by atoms with Crippen molar-refractivity contribution in [2.24, 2.45) is 4.99 Å². The second kappa shape index (κ2) is 9.85. The number of anilines is 1. The van der Waals surface area contributed by atoms with Crippen molar-refractivity contribution < 1.29 is 12.8 Å². The molecule has 2 N–H and O–H groups in total. The van der Waals surface area contributed by atoms with Crippen LogP contribution < -0.4 is 15.5 Å². The van der Waals surface area contributed by atoms with Crippen molar-refractivity contribution in [2.45, 2.75) is 38.0 Å². The largest absolute Gasteiger partial charge is 0.357 e. The topological polar surface area (TPSA) is 86.7 Å². The van der Waals surface area contributed by atoms with Crippen molar-refractivity contribution in [1.29, 1.82) is 0 Å². The van der Waals surface area contributed by atoms with E-state index < -0.39 is 14.6 Å². The molecule has 0 radical (unpaired) electrons. The smallest absolute Gasteiger partial charge is 0.191 e. The number of guanidine groups is 1. The van der Waals surface area contributed by atoms with Crippen molar-refractivity contribution in [2.75, 3.05) is 37.3 Å². The summed E-state index contributed by atoms with van der Waals surface area (Å²) in [6.45, 7) is 7.40. The third-order valence-electron chi connectivity index (χ3n) is 4.53. The molecule has 0 aromatic carbocycles. The number of nitrogens with zero attached hydrogens (tertiary/aromatic N) is 3. The molecule has 1 aromatic rings. The van der Waals surface area contributed by atoms with Gasteiger partial charge in [-0.15, -0.1) is 24.0 Å². The molecule has 0 spiro atoms. The summed E-state index contributed by atoms with van der Waals surface area (Å²) in [6, 6.07) is 3.06. The van der Waals surface area contributed by atoms with Gasteiger partial charge >= 0.3 is 0 Å². The molecule has 0 bridgehead atoms. The molecule has 0 aliphatic carbocycles. The van der Waals surface area contributed by atoms with Gasteiger partial charge in [0, 0.05) is 38.1 Å². The molecule has 1 atom stereocenters. The number of pyridine rings is 1. The molecule has 1 aromatic heterocycles. The summed E-state index contributed by atoms with van der Waals surface area (Å²) in [6.07, 6.45) is 3.62. The van der Waals surface area contributed by atoms with E-state index in [2.05, 4.69) is 20.6 Å². The van der Waals surface area contributed by atoms with Gasteiger partial charge in [-0.25, -0.2) is 17.8 Å². The van der Waals surface area contributed by atoms with Crippen molar-refractivity contribution in [3.63, 3.8) is 0 Å². The molecular formula is C17H29FIN5O2S. The average molecular weight is 513 g/mol. The van der Waals surface area contributed by atoms with Crippen LogP contribution in [0.2, 0.25) is 0 Å². The molecule has 1 fully saturated rings. The van der Waals surface area contributed by atoms with Crippen LogP contribution in [0.5, 0.6) is 0 Å². The highest BCUT2D eigenvalue weighted by atomic mass is 127. The fraction of sp³-hybridized carbons (Fsp3) is 0.647. The number of sulfone groups is 1. The Bertz CT molecular complexity index is 757. The first-order chi connectivity index (χ1) is 12.1. The lowest BCUT2D eigenvalue weighted by Crippen LogP contribution is -2.46. The van der Waals surface area contributed by atoms with E-state index >= 15 is 0 Å². The molecule has 27 heavy (non-hydrogen) atoms. The Hall–Kier alpha value is -1.17. The molecule has 1 aliphatic heterocycles. The van der Waals surface area contributed by atoms with Gasteiger partial charge in [0.25, 0.3) is 0 Å². The molecule has 154 valence electrons. The standard InChI is InChI=1S/C17H28FN5O2S.HI/c1-5-19-16(21-12-17(2,3)26(4,24)25)22-13-8-10-23(11-13)15-14(18)7-6-9-20-15;/h6-7,9,13H,5,8,10-12H2,1-4H3,(H2,19,21,22);1H. The van der Waals surface area contributed by atoms with Gasteiger partial charge in [-0.2, -0.15) is 0 Å². The number of nitrogens with one attached hydrogen (secondary N) is 2. The molecule has 1 unspecified atom stereocenters. The molecule has 0 amide bonds. The molecule has 2 heterocycles. The van der Waals surface area contributed by atoms with Gasteiger partial charge in [0.15, 0.2) is 27.4 Å². The highest BCUT2D eigenvalue weighted by Crippen LogP contribution is 2.21. The van der Waals surface area contributed by atoms with E-state index in [-0.39, 0.29) is 42.4 Å². The fourth-order valence-corrected chi connectivity index (χ4v) is 2.88. The van der Waals surface area contributed by atoms with Crippen LogP contribution in [-0.4, -0.2) is 62.6 Å². The minimum absolute atomic E-state index is 0. The molecule has 7 nitrogen and oxygen atoms in total. The quantitative estimate of drug-likeness (QED) is 0.343. The first kappa shape index (κ1) is 23.9. The Balaban J connectivity index is 0.00000364. The Labute approximate surface area is 178 Å². The van der Waals surface area contributed by atoms with Crippen LogP contribution in [0.25, 0.3) is 0 Å². The van der Waals surface area contributed by atoms with Crippen molar-refractivity contribution in [3.05, 3.63) is 24.1 Å². The van der Waals surface area contributed by atoms with Crippen LogP contribution in [0.1, 0.15) is 27.2 Å². The third kappa shape index (κ3) is 6.44. The number of halogens is 2. The second-order valence-electron chi connectivity index (χ2n) is 7.11. The van der Waals surface area contributed by atoms with Crippen LogP contribution in [0.3, 0.4) is 0 Å². The van der Waals surface area contributed by atoms with Crippen molar-refractivity contribution in [1.82, 2.24) is 15.6 Å². The maximum atomic E-state index is 13.9. The predicted octanol–water partition coefficient (Wildman–Crippen LogP) is 1.80. The van der Waals surface area contributed by atoms with E-state index in [9.17, 15) is 12.8 Å². The van der Waals surface area contributed by atoms with E-state index in [0.717, 1.165) is 6.42 Å². The van der Waals surface area contributed by atoms with Gasteiger partial charge < -0.3 is 15.5 Å². The summed E-state index contributed by atoms with van der Waals surface area (Å²) in [5.41, 5.74) is 0. The van der Waals surface area contributed by atoms with E-state index in [1.807, 2.05) is 11.8 Å². The zero-order valence-electron chi connectivity index (χ0n) is 16.2. The predicted molar refractivity (Wildman–Crippen MR) is 118 cm³/mol. The van der Waals surface area contributed by atoms with Crippen LogP contribution in [0.4, 0.5) is 10.2 Å². The number of aromatic nitrogens is 1. The lowest BCUT2D eigenvalue weighted by Gasteiger charge is -2.22. The Kier molecular flexibility index (Phi) is 8.71. The van der Waals surface area contributed by atoms with Gasteiger partial charge in [-0.3, -0.25) is 4.99 Å². The van der Waals surface area contributed by atoms with Crippen LogP contribution in [-0.2, 0) is 9.84 Å². The highest BCUT2D eigenvalue weighted by molar-refractivity contribution is 14.0. The zero-order chi connectivity index (χ0) is 19.4. The average Bonchev–Trinajstić information content (AvgIpc) is 3.00. The lowest BCUT2D eigenvalue weighted by atomic mass is 10.2. The lowest BCUT2D eigenvalue weighted by molar-refractivity contribution is 0.553. The van der Waals surface area contributed by atoms with Crippen molar-refractivity contribution >= 4 is 45.6 Å². The molecule has 1 aliphatic rings. The normalized spacial score (nSPS) is 18.2. The maximum Gasteiger partial charge on any atom is 0.191 e. The zero-order valence-corrected chi connectivity index (χ0v) is 19.3. The van der Waals surface area contributed by atoms with Gasteiger partial charge in [-0.05, 0) is 39.3 Å². The monoisotopic (exact) mass is 513 g/mol. The Morgan fingerprint density at radius 3 is 2.78 bits per heavy atom. The van der Waals surface area contributed by atoms with E-state index in [0.29, 0.717) is 31.4 Å². The number of hydrogen-bond donors (Lipinski definition) is 2. The Morgan fingerprint density at radius 2 is 2.19 bits per heavy atom. The van der Waals surface area contributed by atoms with E-state index in [1.165, 1.54) is 12.3 Å². The van der Waals surface area contributed by atoms with Gasteiger partial charge in [0.1, 0.15) is 0 Å². The first-order valence-electron chi connectivity index (χ1n) is 8.74. The number of hydrogen-bond acceptors (Lipinski definition) is 5. The van der Waals surface area contributed by atoms with Gasteiger partial charge in [0.05, 0.1) is 11.3 Å². The van der Waals surface area contributed by atoms with Crippen LogP contribution in [0.15, 0.2) is 23.3 Å². The number of aliphatic imine (C=N–C) groups is 1. The second-order valence-corrected chi connectivity index (χ2v) is 9.76. The fourth-order valence-electron chi connectivity index (χ4n) is 2.58. The van der Waals surface area contributed by atoms with Crippen molar-refractivity contribution in [3.8, 4) is 0 Å². The SMILES string of the molecule is CCNC(=NCC(C)(C)S(C)(=O)=O)NC1CCN(c2ncccc2F)C1.I. The summed E-state index contributed by atoms with van der Waals surface area (Å²) >= 11 is 0. The summed E-state index contributed by atoms with van der Waals surface area (Å²) in [5, 5.41) is 6.45. The first-order valence-corrected chi connectivity index (χ1v) is 10.6. The number of rotatable bonds is 6. The molecular weight excluding hydrogens is 484 g/mol. The summed E-state index contributed by atoms with van der Waals surface area (Å²) in [7, 11) is -3.21. The van der Waals surface area contributed by atoms with Crippen LogP contribution in [0, 0.1) is 5.82 Å². The van der Waals surface area contributed by atoms with Gasteiger partial charge in [0.2, 0.25) is 0 Å². The maximum absolute atomic E-state index is 13.9. The van der Waals surface area contributed by atoms with E-state index in [4.69, 9.17) is 0 Å². The van der Waals surface area contributed by atoms with E-state index in [1.54, 1.807) is 26.1 Å². The Morgan fingerprint density at radius 1 is 1.48 bits per heavy atom. The summed E-state index contributed by atoms with van der Waals surface area (Å²) < 4.78 is 36.6. The summed E-state index contributed by atoms with van der Waals surface area (Å²) in [4.78, 5) is 10.5. The molecule has 10 heteroatoms. The molecule has 2 rings (SSSR count). The summed E-state index contributed by atoms with van der Waals surface area (Å²) in [5.74, 6) is 0.596. The minimum atomic E-state index is -3.21.